The molecule has 1 aliphatic heterocycles. The number of sulfonamides is 1. The first-order chi connectivity index (χ1) is 8.15. The molecular weight excluding hydrogens is 256 g/mol. The molecule has 0 amide bonds. The minimum absolute atomic E-state index is 0.252. The van der Waals surface area contributed by atoms with Gasteiger partial charge in [-0.25, -0.2) is 0 Å². The molecule has 0 saturated heterocycles. The van der Waals surface area contributed by atoms with Crippen LogP contribution in [-0.2, 0) is 10.0 Å². The predicted molar refractivity (Wildman–Crippen MR) is 72.5 cm³/mol. The minimum Gasteiger partial charge on any atom is -0.327 e. The van der Waals surface area contributed by atoms with E-state index in [1.165, 1.54) is 6.34 Å². The maximum atomic E-state index is 11.7. The second-order valence-corrected chi connectivity index (χ2v) is 5.44. The van der Waals surface area contributed by atoms with Crippen molar-refractivity contribution in [2.75, 3.05) is 17.2 Å². The van der Waals surface area contributed by atoms with Gasteiger partial charge in [0.15, 0.2) is 0 Å². The lowest BCUT2D eigenvalue weighted by molar-refractivity contribution is 0.597. The summed E-state index contributed by atoms with van der Waals surface area (Å²) in [6.45, 7) is 0.580. The third kappa shape index (κ3) is 2.53. The Morgan fingerprint density at radius 3 is 2.82 bits per heavy atom. The van der Waals surface area contributed by atoms with Gasteiger partial charge in [-0.1, -0.05) is 24.3 Å². The van der Waals surface area contributed by atoms with Gasteiger partial charge in [-0.2, -0.15) is 21.0 Å². The quantitative estimate of drug-likeness (QED) is 0.670. The van der Waals surface area contributed by atoms with Crippen molar-refractivity contribution >= 4 is 34.7 Å². The predicted octanol–water partition coefficient (Wildman–Crippen LogP) is 1.71. The van der Waals surface area contributed by atoms with Crippen molar-refractivity contribution in [2.45, 2.75) is 4.90 Å². The van der Waals surface area contributed by atoms with Crippen molar-refractivity contribution in [3.05, 3.63) is 36.4 Å². The summed E-state index contributed by atoms with van der Waals surface area (Å²) >= 11 is 4.07. The maximum Gasteiger partial charge on any atom is 0.285 e. The standard InChI is InChI=1S/C11H12N2O2S2/c14-17(15)11-6-2-1-5-10(11)13(9-12-17)7-3-4-8-16/h1-6,9,16H,7-8H2/b4-3+. The van der Waals surface area contributed by atoms with E-state index in [1.807, 2.05) is 18.2 Å². The molecule has 0 fully saturated rings. The first-order valence-electron chi connectivity index (χ1n) is 5.07. The Kier molecular flexibility index (Phi) is 3.54. The number of nitrogens with zero attached hydrogens (tertiary/aromatic N) is 2. The Bertz CT molecular complexity index is 565. The molecule has 0 N–H and O–H groups in total. The van der Waals surface area contributed by atoms with Crippen LogP contribution in [0.15, 0.2) is 45.7 Å². The number of rotatable bonds is 3. The number of fused-ring (bicyclic) bond motifs is 1. The summed E-state index contributed by atoms with van der Waals surface area (Å²) < 4.78 is 27.0. The largest absolute Gasteiger partial charge is 0.327 e. The normalized spacial score (nSPS) is 17.4. The molecule has 0 spiro atoms. The molecule has 6 heteroatoms. The fourth-order valence-electron chi connectivity index (χ4n) is 1.56. The molecule has 90 valence electrons. The van der Waals surface area contributed by atoms with E-state index in [2.05, 4.69) is 17.0 Å². The molecule has 2 rings (SSSR count). The average Bonchev–Trinajstić information content (AvgIpc) is 2.33. The average molecular weight is 268 g/mol. The Balaban J connectivity index is 2.37. The van der Waals surface area contributed by atoms with Crippen molar-refractivity contribution in [1.82, 2.24) is 0 Å². The molecule has 17 heavy (non-hydrogen) atoms. The molecule has 0 saturated carbocycles. The Morgan fingerprint density at radius 1 is 1.29 bits per heavy atom. The van der Waals surface area contributed by atoms with Gasteiger partial charge in [0.2, 0.25) is 0 Å². The molecule has 0 unspecified atom stereocenters. The lowest BCUT2D eigenvalue weighted by Crippen LogP contribution is -2.27. The van der Waals surface area contributed by atoms with Crippen LogP contribution >= 0.6 is 12.6 Å². The monoisotopic (exact) mass is 268 g/mol. The summed E-state index contributed by atoms with van der Waals surface area (Å²) in [5, 5.41) is 0. The van der Waals surface area contributed by atoms with Crippen LogP contribution in [-0.4, -0.2) is 27.1 Å². The van der Waals surface area contributed by atoms with E-state index in [0.29, 0.717) is 18.0 Å². The van der Waals surface area contributed by atoms with Gasteiger partial charge in [-0.15, -0.1) is 4.40 Å². The molecule has 4 nitrogen and oxygen atoms in total. The van der Waals surface area contributed by atoms with Gasteiger partial charge in [0.05, 0.1) is 5.69 Å². The highest BCUT2D eigenvalue weighted by Crippen LogP contribution is 2.28. The van der Waals surface area contributed by atoms with E-state index in [0.717, 1.165) is 0 Å². The number of benzene rings is 1. The lowest BCUT2D eigenvalue weighted by atomic mass is 10.3. The first-order valence-corrected chi connectivity index (χ1v) is 7.14. The fourth-order valence-corrected chi connectivity index (χ4v) is 2.76. The zero-order chi connectivity index (χ0) is 12.3. The molecule has 0 aromatic heterocycles. The van der Waals surface area contributed by atoms with Gasteiger partial charge >= 0.3 is 0 Å². The molecule has 1 aromatic rings. The Hall–Kier alpha value is -1.27. The second-order valence-electron chi connectivity index (χ2n) is 3.47. The number of hydrogen-bond donors (Lipinski definition) is 1. The number of hydrogen-bond acceptors (Lipinski definition) is 4. The zero-order valence-electron chi connectivity index (χ0n) is 9.02. The van der Waals surface area contributed by atoms with Crippen LogP contribution in [0, 0.1) is 0 Å². The SMILES string of the molecule is O=S1(=O)N=CN(C/C=C/CS)c2ccccc21. The third-order valence-corrected chi connectivity index (χ3v) is 3.84. The van der Waals surface area contributed by atoms with Crippen LogP contribution in [0.3, 0.4) is 0 Å². The molecule has 0 atom stereocenters. The van der Waals surface area contributed by atoms with Crippen molar-refractivity contribution in [1.29, 1.82) is 0 Å². The highest BCUT2D eigenvalue weighted by Gasteiger charge is 2.23. The van der Waals surface area contributed by atoms with Crippen LogP contribution in [0.4, 0.5) is 5.69 Å². The van der Waals surface area contributed by atoms with Gasteiger partial charge in [-0.05, 0) is 12.1 Å². The van der Waals surface area contributed by atoms with Gasteiger partial charge in [0.25, 0.3) is 10.0 Å². The summed E-state index contributed by atoms with van der Waals surface area (Å²) in [5.41, 5.74) is 0.659. The molecule has 1 heterocycles. The van der Waals surface area contributed by atoms with Crippen LogP contribution in [0.5, 0.6) is 0 Å². The van der Waals surface area contributed by atoms with Gasteiger partial charge in [0.1, 0.15) is 11.2 Å². The van der Waals surface area contributed by atoms with Crippen LogP contribution in [0.1, 0.15) is 0 Å². The van der Waals surface area contributed by atoms with E-state index in [1.54, 1.807) is 23.1 Å². The lowest BCUT2D eigenvalue weighted by Gasteiger charge is -2.23. The summed E-state index contributed by atoms with van der Waals surface area (Å²) in [4.78, 5) is 2.04. The van der Waals surface area contributed by atoms with E-state index >= 15 is 0 Å². The summed E-state index contributed by atoms with van der Waals surface area (Å²) in [6, 6.07) is 6.84. The van der Waals surface area contributed by atoms with Crippen molar-refractivity contribution < 1.29 is 8.42 Å². The smallest absolute Gasteiger partial charge is 0.285 e. The molecule has 0 bridgehead atoms. The van der Waals surface area contributed by atoms with Gasteiger partial charge in [-0.3, -0.25) is 0 Å². The molecule has 0 aliphatic carbocycles. The number of para-hydroxylation sites is 1. The van der Waals surface area contributed by atoms with E-state index in [4.69, 9.17) is 0 Å². The van der Waals surface area contributed by atoms with Crippen molar-refractivity contribution in [3.8, 4) is 0 Å². The molecule has 1 aromatic carbocycles. The Morgan fingerprint density at radius 2 is 2.06 bits per heavy atom. The van der Waals surface area contributed by atoms with Crippen LogP contribution < -0.4 is 4.90 Å². The summed E-state index contributed by atoms with van der Waals surface area (Å²) in [5.74, 6) is 0.658. The van der Waals surface area contributed by atoms with Crippen molar-refractivity contribution in [3.63, 3.8) is 0 Å². The highest BCUT2D eigenvalue weighted by atomic mass is 32.2. The Labute approximate surface area is 106 Å². The summed E-state index contributed by atoms with van der Waals surface area (Å²) in [6.07, 6.45) is 5.18. The molecule has 0 radical (unpaired) electrons. The van der Waals surface area contributed by atoms with Gasteiger partial charge < -0.3 is 4.90 Å². The fraction of sp³-hybridized carbons (Fsp3) is 0.182. The van der Waals surface area contributed by atoms with E-state index < -0.39 is 10.0 Å². The maximum absolute atomic E-state index is 11.7. The van der Waals surface area contributed by atoms with Crippen molar-refractivity contribution in [2.24, 2.45) is 4.40 Å². The second kappa shape index (κ2) is 4.93. The first kappa shape index (κ1) is 12.2. The van der Waals surface area contributed by atoms with E-state index in [9.17, 15) is 8.42 Å². The van der Waals surface area contributed by atoms with Crippen LogP contribution in [0.25, 0.3) is 0 Å². The number of thiol groups is 1. The minimum atomic E-state index is -3.52. The summed E-state index contributed by atoms with van der Waals surface area (Å²) in [7, 11) is -3.52. The van der Waals surface area contributed by atoms with Gasteiger partial charge in [0, 0.05) is 12.3 Å². The van der Waals surface area contributed by atoms with E-state index in [-0.39, 0.29) is 4.90 Å². The highest BCUT2D eigenvalue weighted by molar-refractivity contribution is 7.90. The van der Waals surface area contributed by atoms with Crippen LogP contribution in [0.2, 0.25) is 0 Å². The molecule has 1 aliphatic rings. The molecular formula is C11H12N2O2S2. The topological polar surface area (TPSA) is 49.7 Å². The third-order valence-electron chi connectivity index (χ3n) is 2.35. The zero-order valence-corrected chi connectivity index (χ0v) is 10.7. The number of anilines is 1.